The lowest BCUT2D eigenvalue weighted by atomic mass is 10.1. The topological polar surface area (TPSA) is 35.5 Å². The number of carbonyl (C=O) groups is 1. The van der Waals surface area contributed by atoms with Gasteiger partial charge in [0.15, 0.2) is 0 Å². The first kappa shape index (κ1) is 19.2. The number of methoxy groups -OCH3 is 1. The van der Waals surface area contributed by atoms with Crippen LogP contribution in [-0.4, -0.2) is 50.3 Å². The van der Waals surface area contributed by atoms with Crippen LogP contribution in [0, 0.1) is 0 Å². The van der Waals surface area contributed by atoms with Gasteiger partial charge >= 0.3 is 5.97 Å². The van der Waals surface area contributed by atoms with E-state index in [2.05, 4.69) is 6.92 Å². The number of esters is 1. The van der Waals surface area contributed by atoms with Crippen LogP contribution < -0.4 is 28.7 Å². The lowest BCUT2D eigenvalue weighted by molar-refractivity contribution is -0.930. The molecular weight excluding hydrogens is 393 g/mol. The normalized spacial score (nSPS) is 16.5. The fourth-order valence-corrected chi connectivity index (χ4v) is 3.10. The average Bonchev–Trinajstić information content (AvgIpc) is 2.55. The van der Waals surface area contributed by atoms with Crippen molar-refractivity contribution in [2.75, 3.05) is 39.9 Å². The molecule has 0 aliphatic carbocycles. The van der Waals surface area contributed by atoms with Crippen LogP contribution in [0.25, 0.3) is 0 Å². The van der Waals surface area contributed by atoms with Gasteiger partial charge in [-0.25, -0.2) is 4.79 Å². The number of likely N-dealkylation sites (tertiary alicyclic amines) is 1. The van der Waals surface area contributed by atoms with Crippen molar-refractivity contribution in [3.8, 4) is 5.75 Å². The van der Waals surface area contributed by atoms with Gasteiger partial charge in [-0.2, -0.15) is 0 Å². The Labute approximate surface area is 150 Å². The quantitative estimate of drug-likeness (QED) is 0.367. The lowest BCUT2D eigenvalue weighted by Crippen LogP contribution is -3.00. The first-order valence-electron chi connectivity index (χ1n) is 7.86. The summed E-state index contributed by atoms with van der Waals surface area (Å²) in [5.74, 6) is 0.276. The Hall–Kier alpha value is -0.820. The molecule has 5 heteroatoms. The van der Waals surface area contributed by atoms with Crippen molar-refractivity contribution in [3.05, 3.63) is 29.8 Å². The van der Waals surface area contributed by atoms with Gasteiger partial charge in [-0.15, -0.1) is 0 Å². The molecule has 4 nitrogen and oxygen atoms in total. The number of hydrogen-bond acceptors (Lipinski definition) is 3. The highest BCUT2D eigenvalue weighted by atomic mass is 127. The van der Waals surface area contributed by atoms with E-state index in [0.29, 0.717) is 17.9 Å². The highest BCUT2D eigenvalue weighted by molar-refractivity contribution is 5.92. The van der Waals surface area contributed by atoms with Crippen molar-refractivity contribution in [2.45, 2.75) is 26.2 Å². The Balaban J connectivity index is 0.00000242. The molecule has 1 aliphatic rings. The smallest absolute Gasteiger partial charge is 0.342 e. The Morgan fingerprint density at radius 2 is 1.86 bits per heavy atom. The number of likely N-dealkylation sites (N-methyl/N-ethyl adjacent to an activating group) is 1. The fourth-order valence-electron chi connectivity index (χ4n) is 3.10. The van der Waals surface area contributed by atoms with Gasteiger partial charge in [0.25, 0.3) is 0 Å². The maximum atomic E-state index is 12.1. The largest absolute Gasteiger partial charge is 1.00 e. The predicted octanol–water partition coefficient (Wildman–Crippen LogP) is -0.123. The summed E-state index contributed by atoms with van der Waals surface area (Å²) in [6.45, 7) is 7.16. The zero-order chi connectivity index (χ0) is 15.1. The van der Waals surface area contributed by atoms with Crippen LogP contribution in [-0.2, 0) is 4.74 Å². The summed E-state index contributed by atoms with van der Waals surface area (Å²) in [6.07, 6.45) is 3.91. The van der Waals surface area contributed by atoms with Crippen LogP contribution in [0.5, 0.6) is 5.75 Å². The van der Waals surface area contributed by atoms with Crippen LogP contribution in [0.3, 0.4) is 0 Å². The number of ether oxygens (including phenoxy) is 2. The van der Waals surface area contributed by atoms with Crippen molar-refractivity contribution in [3.63, 3.8) is 0 Å². The first-order valence-corrected chi connectivity index (χ1v) is 7.86. The van der Waals surface area contributed by atoms with Crippen molar-refractivity contribution in [1.82, 2.24) is 0 Å². The van der Waals surface area contributed by atoms with Crippen LogP contribution in [0.4, 0.5) is 0 Å². The fraction of sp³-hybridized carbons (Fsp3) is 0.588. The Morgan fingerprint density at radius 1 is 1.18 bits per heavy atom. The molecular formula is C17H26INO3. The molecule has 0 spiro atoms. The second-order valence-electron chi connectivity index (χ2n) is 5.73. The van der Waals surface area contributed by atoms with Gasteiger partial charge in [0, 0.05) is 0 Å². The molecule has 0 radical (unpaired) electrons. The number of para-hydroxylation sites is 1. The number of quaternary nitrogens is 1. The SMILES string of the molecule is CC[N+]1(CCOC(=O)c2ccccc2OC)CCCCC1.[I-]. The molecule has 1 aromatic rings. The Morgan fingerprint density at radius 3 is 2.50 bits per heavy atom. The van der Waals surface area contributed by atoms with Gasteiger partial charge in [0.05, 0.1) is 26.7 Å². The maximum Gasteiger partial charge on any atom is 0.342 e. The van der Waals surface area contributed by atoms with E-state index in [9.17, 15) is 4.79 Å². The zero-order valence-electron chi connectivity index (χ0n) is 13.5. The van der Waals surface area contributed by atoms with Gasteiger partial charge < -0.3 is 37.9 Å². The van der Waals surface area contributed by atoms with E-state index in [1.54, 1.807) is 19.2 Å². The lowest BCUT2D eigenvalue weighted by Gasteiger charge is -2.40. The molecule has 2 rings (SSSR count). The van der Waals surface area contributed by atoms with Crippen LogP contribution >= 0.6 is 0 Å². The van der Waals surface area contributed by atoms with Gasteiger partial charge in [-0.05, 0) is 38.3 Å². The molecule has 22 heavy (non-hydrogen) atoms. The standard InChI is InChI=1S/C17H26NO3.HI/c1-3-18(11-7-4-8-12-18)13-14-21-17(19)15-9-5-6-10-16(15)20-2;/h5-6,9-10H,3-4,7-8,11-14H2,1-2H3;1H/q+1;/p-1. The molecule has 0 saturated carbocycles. The highest BCUT2D eigenvalue weighted by Gasteiger charge is 2.28. The summed E-state index contributed by atoms with van der Waals surface area (Å²) >= 11 is 0. The van der Waals surface area contributed by atoms with Gasteiger partial charge in [-0.3, -0.25) is 0 Å². The molecule has 0 aromatic heterocycles. The van der Waals surface area contributed by atoms with Crippen LogP contribution in [0.15, 0.2) is 24.3 Å². The monoisotopic (exact) mass is 419 g/mol. The number of nitrogens with zero attached hydrogens (tertiary/aromatic N) is 1. The van der Waals surface area contributed by atoms with Crippen LogP contribution in [0.2, 0.25) is 0 Å². The number of benzene rings is 1. The molecule has 1 fully saturated rings. The summed E-state index contributed by atoms with van der Waals surface area (Å²) in [7, 11) is 1.57. The number of carbonyl (C=O) groups excluding carboxylic acids is 1. The minimum absolute atomic E-state index is 0. The van der Waals surface area contributed by atoms with Crippen molar-refractivity contribution in [2.24, 2.45) is 0 Å². The number of hydrogen-bond donors (Lipinski definition) is 0. The van der Waals surface area contributed by atoms with E-state index >= 15 is 0 Å². The van der Waals surface area contributed by atoms with E-state index in [0.717, 1.165) is 17.6 Å². The molecule has 0 unspecified atom stereocenters. The number of halogens is 1. The van der Waals surface area contributed by atoms with Crippen molar-refractivity contribution in [1.29, 1.82) is 0 Å². The maximum absolute atomic E-state index is 12.1. The third-order valence-corrected chi connectivity index (χ3v) is 4.56. The number of piperidine rings is 1. The van der Waals surface area contributed by atoms with Crippen molar-refractivity contribution < 1.29 is 42.7 Å². The summed E-state index contributed by atoms with van der Waals surface area (Å²) in [6, 6.07) is 7.19. The molecule has 0 amide bonds. The average molecular weight is 419 g/mol. The molecule has 124 valence electrons. The molecule has 0 bridgehead atoms. The molecule has 0 N–H and O–H groups in total. The number of rotatable bonds is 6. The van der Waals surface area contributed by atoms with Gasteiger partial charge in [0.2, 0.25) is 0 Å². The summed E-state index contributed by atoms with van der Waals surface area (Å²) < 4.78 is 11.7. The third kappa shape index (κ3) is 4.84. The Kier molecular flexibility index (Phi) is 8.17. The molecule has 0 atom stereocenters. The van der Waals surface area contributed by atoms with Crippen LogP contribution in [0.1, 0.15) is 36.5 Å². The van der Waals surface area contributed by atoms with Crippen molar-refractivity contribution >= 4 is 5.97 Å². The second kappa shape index (κ2) is 9.35. The molecule has 1 aromatic carbocycles. The predicted molar refractivity (Wildman–Crippen MR) is 82.5 cm³/mol. The first-order chi connectivity index (χ1) is 10.2. The Bertz CT molecular complexity index is 473. The summed E-state index contributed by atoms with van der Waals surface area (Å²) in [5, 5.41) is 0. The summed E-state index contributed by atoms with van der Waals surface area (Å²) in [5.41, 5.74) is 0.502. The summed E-state index contributed by atoms with van der Waals surface area (Å²) in [4.78, 5) is 12.1. The van der Waals surface area contributed by atoms with E-state index in [1.807, 2.05) is 12.1 Å². The molecule has 1 aliphatic heterocycles. The van der Waals surface area contributed by atoms with E-state index in [4.69, 9.17) is 9.47 Å². The van der Waals surface area contributed by atoms with Gasteiger partial charge in [-0.1, -0.05) is 12.1 Å². The molecule has 1 heterocycles. The zero-order valence-corrected chi connectivity index (χ0v) is 15.7. The minimum atomic E-state index is -0.293. The molecule has 1 saturated heterocycles. The van der Waals surface area contributed by atoms with E-state index in [-0.39, 0.29) is 29.9 Å². The van der Waals surface area contributed by atoms with E-state index in [1.165, 1.54) is 32.4 Å². The second-order valence-corrected chi connectivity index (χ2v) is 5.73. The van der Waals surface area contributed by atoms with E-state index < -0.39 is 0 Å². The van der Waals surface area contributed by atoms with Gasteiger partial charge in [0.1, 0.15) is 24.5 Å². The highest BCUT2D eigenvalue weighted by Crippen LogP contribution is 2.20. The minimum Gasteiger partial charge on any atom is -1.00 e. The third-order valence-electron chi connectivity index (χ3n) is 4.56.